The molecule has 0 aliphatic rings. The molecule has 0 rings (SSSR count). The van der Waals surface area contributed by atoms with E-state index >= 15 is 0 Å². The molecular weight excluding hydrogens is 122 g/mol. The molecular formula is C9H13N. The van der Waals surface area contributed by atoms with Crippen LogP contribution in [0.25, 0.3) is 0 Å². The van der Waals surface area contributed by atoms with E-state index in [4.69, 9.17) is 0 Å². The third-order valence-corrected chi connectivity index (χ3v) is 0.954. The number of hydrogen-bond donors (Lipinski definition) is 0. The molecule has 1 nitrogen and oxygen atoms in total. The Morgan fingerprint density at radius 3 is 2.40 bits per heavy atom. The van der Waals surface area contributed by atoms with Crippen LogP contribution >= 0.6 is 0 Å². The lowest BCUT2D eigenvalue weighted by Crippen LogP contribution is -1.70. The van der Waals surface area contributed by atoms with Gasteiger partial charge in [-0.25, -0.2) is 0 Å². The van der Waals surface area contributed by atoms with Crippen LogP contribution in [0.15, 0.2) is 41.6 Å². The summed E-state index contributed by atoms with van der Waals surface area (Å²) in [6.45, 7) is 11.1. The average molecular weight is 135 g/mol. The van der Waals surface area contributed by atoms with Crippen LogP contribution in [0.2, 0.25) is 0 Å². The molecule has 0 saturated heterocycles. The maximum Gasteiger partial charge on any atom is 0.0300 e. The van der Waals surface area contributed by atoms with Crippen LogP contribution in [0.4, 0.5) is 0 Å². The summed E-state index contributed by atoms with van der Waals surface area (Å²) in [5, 5.41) is 0. The molecule has 0 unspecified atom stereocenters. The van der Waals surface area contributed by atoms with Crippen LogP contribution in [0.1, 0.15) is 13.8 Å². The van der Waals surface area contributed by atoms with Gasteiger partial charge in [-0.2, -0.15) is 0 Å². The normalized spacial score (nSPS) is 12.0. The average Bonchev–Trinajstić information content (AvgIpc) is 1.87. The van der Waals surface area contributed by atoms with Crippen LogP contribution < -0.4 is 0 Å². The van der Waals surface area contributed by atoms with Crippen molar-refractivity contribution in [2.75, 3.05) is 0 Å². The quantitative estimate of drug-likeness (QED) is 0.417. The minimum atomic E-state index is 0.813. The summed E-state index contributed by atoms with van der Waals surface area (Å²) in [6, 6.07) is 0. The van der Waals surface area contributed by atoms with Crippen LogP contribution in [0, 0.1) is 0 Å². The molecule has 0 amide bonds. The van der Waals surface area contributed by atoms with Crippen molar-refractivity contribution in [1.29, 1.82) is 0 Å². The van der Waals surface area contributed by atoms with Crippen molar-refractivity contribution in [1.82, 2.24) is 0 Å². The summed E-state index contributed by atoms with van der Waals surface area (Å²) in [4.78, 5) is 3.97. The summed E-state index contributed by atoms with van der Waals surface area (Å²) in [6.07, 6.45) is 5.39. The van der Waals surface area contributed by atoms with Crippen LogP contribution in [0.5, 0.6) is 0 Å². The zero-order chi connectivity index (χ0) is 7.98. The first-order valence-electron chi connectivity index (χ1n) is 3.15. The standard InChI is InChI=1S/C9H13N/c1-5-9(4)6-7-10-8(2)3/h5-7H,1-2H2,3-4H3/b9-6-,10-7?. The van der Waals surface area contributed by atoms with Gasteiger partial charge in [-0.15, -0.1) is 0 Å². The topological polar surface area (TPSA) is 12.4 Å². The van der Waals surface area contributed by atoms with E-state index in [-0.39, 0.29) is 0 Å². The predicted octanol–water partition coefficient (Wildman–Crippen LogP) is 2.72. The highest BCUT2D eigenvalue weighted by atomic mass is 14.7. The molecule has 0 aromatic heterocycles. The molecule has 10 heavy (non-hydrogen) atoms. The van der Waals surface area contributed by atoms with E-state index in [1.165, 1.54) is 0 Å². The molecule has 0 atom stereocenters. The summed E-state index contributed by atoms with van der Waals surface area (Å²) in [7, 11) is 0. The molecule has 0 radical (unpaired) electrons. The fraction of sp³-hybridized carbons (Fsp3) is 0.222. The molecule has 0 N–H and O–H groups in total. The van der Waals surface area contributed by atoms with Gasteiger partial charge in [0.05, 0.1) is 0 Å². The maximum absolute atomic E-state index is 3.97. The summed E-state index contributed by atoms with van der Waals surface area (Å²) >= 11 is 0. The van der Waals surface area contributed by atoms with Crippen molar-refractivity contribution in [3.8, 4) is 0 Å². The van der Waals surface area contributed by atoms with Gasteiger partial charge in [0.25, 0.3) is 0 Å². The third kappa shape index (κ3) is 5.04. The summed E-state index contributed by atoms with van der Waals surface area (Å²) < 4.78 is 0. The highest BCUT2D eigenvalue weighted by Gasteiger charge is 1.74. The fourth-order valence-corrected chi connectivity index (χ4v) is 0.350. The Kier molecular flexibility index (Phi) is 4.21. The Labute approximate surface area is 62.5 Å². The van der Waals surface area contributed by atoms with Crippen LogP contribution in [0.3, 0.4) is 0 Å². The third-order valence-electron chi connectivity index (χ3n) is 0.954. The van der Waals surface area contributed by atoms with E-state index in [9.17, 15) is 0 Å². The first-order valence-corrected chi connectivity index (χ1v) is 3.15. The highest BCUT2D eigenvalue weighted by Crippen LogP contribution is 1.91. The van der Waals surface area contributed by atoms with Crippen LogP contribution in [-0.2, 0) is 0 Å². The second-order valence-electron chi connectivity index (χ2n) is 2.13. The molecule has 0 saturated carbocycles. The van der Waals surface area contributed by atoms with Gasteiger partial charge in [-0.3, -0.25) is 4.99 Å². The molecule has 0 spiro atoms. The summed E-state index contributed by atoms with van der Waals surface area (Å²) in [5.74, 6) is 0. The van der Waals surface area contributed by atoms with Crippen molar-refractivity contribution in [2.24, 2.45) is 4.99 Å². The molecule has 1 heteroatoms. The molecule has 0 bridgehead atoms. The molecule has 0 aromatic carbocycles. The first kappa shape index (κ1) is 8.89. The maximum atomic E-state index is 3.97. The number of allylic oxidation sites excluding steroid dienone is 4. The highest BCUT2D eigenvalue weighted by molar-refractivity contribution is 5.73. The lowest BCUT2D eigenvalue weighted by atomic mass is 10.3. The zero-order valence-electron chi connectivity index (χ0n) is 6.59. The number of aliphatic imine (C=N–C) groups is 1. The molecule has 0 aromatic rings. The van der Waals surface area contributed by atoms with Crippen LogP contribution in [-0.4, -0.2) is 6.21 Å². The predicted molar refractivity (Wildman–Crippen MR) is 47.3 cm³/mol. The van der Waals surface area contributed by atoms with Gasteiger partial charge in [-0.05, 0) is 19.9 Å². The second kappa shape index (κ2) is 4.74. The number of nitrogens with zero attached hydrogens (tertiary/aromatic N) is 1. The minimum absolute atomic E-state index is 0.813. The van der Waals surface area contributed by atoms with Crippen molar-refractivity contribution >= 4 is 6.21 Å². The molecule has 0 aliphatic heterocycles. The van der Waals surface area contributed by atoms with Gasteiger partial charge in [0.15, 0.2) is 0 Å². The van der Waals surface area contributed by atoms with Gasteiger partial charge >= 0.3 is 0 Å². The van der Waals surface area contributed by atoms with Gasteiger partial charge < -0.3 is 0 Å². The number of hydrogen-bond acceptors (Lipinski definition) is 1. The molecule has 0 aliphatic carbocycles. The van der Waals surface area contributed by atoms with Gasteiger partial charge in [0, 0.05) is 11.9 Å². The van der Waals surface area contributed by atoms with E-state index in [1.807, 2.05) is 19.9 Å². The summed E-state index contributed by atoms with van der Waals surface area (Å²) in [5.41, 5.74) is 1.91. The fourth-order valence-electron chi connectivity index (χ4n) is 0.350. The molecule has 54 valence electrons. The Bertz CT molecular complexity index is 185. The Balaban J connectivity index is 3.93. The van der Waals surface area contributed by atoms with Crippen molar-refractivity contribution in [3.63, 3.8) is 0 Å². The number of rotatable bonds is 3. The smallest absolute Gasteiger partial charge is 0.0300 e. The van der Waals surface area contributed by atoms with E-state index in [2.05, 4.69) is 18.2 Å². The largest absolute Gasteiger partial charge is 0.262 e. The second-order valence-corrected chi connectivity index (χ2v) is 2.13. The van der Waals surface area contributed by atoms with Crippen molar-refractivity contribution < 1.29 is 0 Å². The lowest BCUT2D eigenvalue weighted by molar-refractivity contribution is 1.34. The lowest BCUT2D eigenvalue weighted by Gasteiger charge is -1.84. The monoisotopic (exact) mass is 135 g/mol. The minimum Gasteiger partial charge on any atom is -0.262 e. The van der Waals surface area contributed by atoms with Gasteiger partial charge in [-0.1, -0.05) is 24.8 Å². The van der Waals surface area contributed by atoms with Crippen molar-refractivity contribution in [3.05, 3.63) is 36.6 Å². The van der Waals surface area contributed by atoms with E-state index in [0.29, 0.717) is 0 Å². The van der Waals surface area contributed by atoms with Crippen molar-refractivity contribution in [2.45, 2.75) is 13.8 Å². The Morgan fingerprint density at radius 1 is 1.40 bits per heavy atom. The van der Waals surface area contributed by atoms with Gasteiger partial charge in [0.2, 0.25) is 0 Å². The zero-order valence-corrected chi connectivity index (χ0v) is 6.59. The molecule has 0 heterocycles. The van der Waals surface area contributed by atoms with Gasteiger partial charge in [0.1, 0.15) is 0 Å². The van der Waals surface area contributed by atoms with E-state index in [0.717, 1.165) is 11.3 Å². The van der Waals surface area contributed by atoms with E-state index in [1.54, 1.807) is 12.3 Å². The molecule has 0 fully saturated rings. The Morgan fingerprint density at radius 2 is 2.00 bits per heavy atom. The van der Waals surface area contributed by atoms with E-state index < -0.39 is 0 Å². The first-order chi connectivity index (χ1) is 4.66. The SMILES string of the molecule is C=C/C(C)=C\C=NC(=C)C. The Hall–Kier alpha value is -1.11.